The minimum atomic E-state index is -4.75. The highest BCUT2D eigenvalue weighted by atomic mass is 19.4. The van der Waals surface area contributed by atoms with Crippen molar-refractivity contribution in [3.63, 3.8) is 0 Å². The van der Waals surface area contributed by atoms with Crippen molar-refractivity contribution in [2.45, 2.75) is 64.0 Å². The van der Waals surface area contributed by atoms with Crippen LogP contribution in [0.3, 0.4) is 0 Å². The number of benzene rings is 2. The van der Waals surface area contributed by atoms with E-state index in [1.807, 2.05) is 0 Å². The normalized spacial score (nSPS) is 19.6. The highest BCUT2D eigenvalue weighted by Gasteiger charge is 2.26. The van der Waals surface area contributed by atoms with E-state index in [1.165, 1.54) is 18.6 Å². The molecule has 0 aromatic heterocycles. The van der Waals surface area contributed by atoms with Gasteiger partial charge in [-0.1, -0.05) is 26.2 Å². The second-order valence-electron chi connectivity index (χ2n) is 8.45. The highest BCUT2D eigenvalue weighted by molar-refractivity contribution is 5.68. The predicted molar refractivity (Wildman–Crippen MR) is 111 cm³/mol. The molecule has 174 valence electrons. The second-order valence-corrected chi connectivity index (χ2v) is 8.45. The largest absolute Gasteiger partial charge is 0.409 e. The predicted octanol–water partition coefficient (Wildman–Crippen LogP) is 8.95. The summed E-state index contributed by atoms with van der Waals surface area (Å²) in [6, 6.07) is 3.67. The molecule has 0 atom stereocenters. The van der Waals surface area contributed by atoms with Crippen LogP contribution < -0.4 is 0 Å². The maximum atomic E-state index is 14.8. The van der Waals surface area contributed by atoms with E-state index in [0.29, 0.717) is 23.6 Å². The minimum Gasteiger partial charge on any atom is -0.206 e. The van der Waals surface area contributed by atoms with Crippen molar-refractivity contribution >= 4 is 6.08 Å². The number of hydrogen-bond donors (Lipinski definition) is 0. The lowest BCUT2D eigenvalue weighted by Gasteiger charge is -2.29. The Balaban J connectivity index is 1.84. The van der Waals surface area contributed by atoms with E-state index in [-0.39, 0.29) is 18.1 Å². The molecule has 0 heterocycles. The molecule has 0 unspecified atom stereocenters. The van der Waals surface area contributed by atoms with Crippen molar-refractivity contribution in [3.8, 4) is 11.1 Å². The fourth-order valence-corrected chi connectivity index (χ4v) is 4.45. The van der Waals surface area contributed by atoms with Gasteiger partial charge in [0.25, 0.3) is 0 Å². The van der Waals surface area contributed by atoms with Crippen molar-refractivity contribution in [1.82, 2.24) is 0 Å². The first-order chi connectivity index (χ1) is 15.1. The van der Waals surface area contributed by atoms with E-state index in [0.717, 1.165) is 38.5 Å². The Morgan fingerprint density at radius 2 is 1.41 bits per heavy atom. The van der Waals surface area contributed by atoms with Crippen molar-refractivity contribution < 1.29 is 30.7 Å². The Hall–Kier alpha value is -2.31. The Morgan fingerprint density at radius 1 is 0.844 bits per heavy atom. The number of alkyl halides is 3. The van der Waals surface area contributed by atoms with Gasteiger partial charge in [0.15, 0.2) is 0 Å². The Kier molecular flexibility index (Phi) is 7.67. The van der Waals surface area contributed by atoms with Crippen molar-refractivity contribution in [3.05, 3.63) is 64.7 Å². The SMILES string of the molecule is CCCCC1CCC(c2cc(F)c(-c3cc(F)c(C=CC(F)(F)F)c(F)c3)c(F)c2)CC1. The first kappa shape index (κ1) is 24.3. The number of unbranched alkanes of at least 4 members (excludes halogenated alkanes) is 1. The zero-order valence-corrected chi connectivity index (χ0v) is 17.7. The fraction of sp³-hybridized carbons (Fsp3) is 0.440. The molecule has 0 nitrogen and oxygen atoms in total. The highest BCUT2D eigenvalue weighted by Crippen LogP contribution is 2.40. The van der Waals surface area contributed by atoms with Crippen LogP contribution in [0.15, 0.2) is 30.3 Å². The summed E-state index contributed by atoms with van der Waals surface area (Å²) in [5, 5.41) is 0. The molecular formula is C25H25F7. The molecule has 0 spiro atoms. The maximum absolute atomic E-state index is 14.8. The van der Waals surface area contributed by atoms with Gasteiger partial charge in [-0.05, 0) is 79.0 Å². The fourth-order valence-electron chi connectivity index (χ4n) is 4.45. The van der Waals surface area contributed by atoms with Gasteiger partial charge in [-0.25, -0.2) is 17.6 Å². The van der Waals surface area contributed by atoms with E-state index < -0.39 is 46.1 Å². The first-order valence-electron chi connectivity index (χ1n) is 10.8. The zero-order valence-electron chi connectivity index (χ0n) is 17.7. The number of hydrogen-bond acceptors (Lipinski definition) is 0. The van der Waals surface area contributed by atoms with Gasteiger partial charge < -0.3 is 0 Å². The summed E-state index contributed by atoms with van der Waals surface area (Å²) < 4.78 is 95.0. The lowest BCUT2D eigenvalue weighted by molar-refractivity contribution is -0.0790. The van der Waals surface area contributed by atoms with E-state index in [4.69, 9.17) is 0 Å². The molecule has 1 aliphatic rings. The van der Waals surface area contributed by atoms with Crippen LogP contribution in [0.2, 0.25) is 0 Å². The van der Waals surface area contributed by atoms with Crippen LogP contribution in [-0.2, 0) is 0 Å². The maximum Gasteiger partial charge on any atom is 0.409 e. The number of allylic oxidation sites excluding steroid dienone is 1. The van der Waals surface area contributed by atoms with Gasteiger partial charge in [0.05, 0.1) is 5.56 Å². The molecule has 0 radical (unpaired) electrons. The molecule has 32 heavy (non-hydrogen) atoms. The number of halogens is 7. The van der Waals surface area contributed by atoms with E-state index >= 15 is 0 Å². The third-order valence-electron chi connectivity index (χ3n) is 6.16. The van der Waals surface area contributed by atoms with Crippen molar-refractivity contribution in [2.75, 3.05) is 0 Å². The Morgan fingerprint density at radius 3 is 1.91 bits per heavy atom. The van der Waals surface area contributed by atoms with Crippen molar-refractivity contribution in [2.24, 2.45) is 5.92 Å². The lowest BCUT2D eigenvalue weighted by Crippen LogP contribution is -2.14. The molecule has 1 aliphatic carbocycles. The monoisotopic (exact) mass is 458 g/mol. The molecule has 0 aliphatic heterocycles. The molecule has 2 aromatic carbocycles. The molecule has 0 amide bonds. The van der Waals surface area contributed by atoms with Gasteiger partial charge in [0, 0.05) is 11.6 Å². The molecular weight excluding hydrogens is 433 g/mol. The second kappa shape index (κ2) is 10.1. The standard InChI is InChI=1S/C25H25F7/c1-2-3-4-15-5-7-16(8-6-15)17-11-22(28)24(23(29)12-17)18-13-20(26)19(21(27)14-18)9-10-25(30,31)32/h9-16H,2-8H2,1H3. The van der Waals surface area contributed by atoms with Crippen LogP contribution in [0.4, 0.5) is 30.7 Å². The van der Waals surface area contributed by atoms with Gasteiger partial charge in [0.2, 0.25) is 0 Å². The summed E-state index contributed by atoms with van der Waals surface area (Å²) in [5.74, 6) is -3.93. The molecule has 2 aromatic rings. The van der Waals surface area contributed by atoms with E-state index in [2.05, 4.69) is 6.92 Å². The van der Waals surface area contributed by atoms with Gasteiger partial charge in [0.1, 0.15) is 23.3 Å². The van der Waals surface area contributed by atoms with Crippen LogP contribution in [0.25, 0.3) is 17.2 Å². The molecule has 0 saturated heterocycles. The smallest absolute Gasteiger partial charge is 0.206 e. The molecule has 0 bridgehead atoms. The summed E-state index contributed by atoms with van der Waals surface area (Å²) in [4.78, 5) is 0. The van der Waals surface area contributed by atoms with E-state index in [1.54, 1.807) is 0 Å². The van der Waals surface area contributed by atoms with Crippen LogP contribution in [0.1, 0.15) is 68.9 Å². The number of rotatable bonds is 6. The van der Waals surface area contributed by atoms with Gasteiger partial charge in [-0.2, -0.15) is 13.2 Å². The summed E-state index contributed by atoms with van der Waals surface area (Å²) in [5.41, 5.74) is -1.42. The first-order valence-corrected chi connectivity index (χ1v) is 10.8. The minimum absolute atomic E-state index is 0.0225. The average molecular weight is 458 g/mol. The topological polar surface area (TPSA) is 0 Å². The summed E-state index contributed by atoms with van der Waals surface area (Å²) in [6.07, 6.45) is 2.33. The molecule has 1 saturated carbocycles. The van der Waals surface area contributed by atoms with Crippen molar-refractivity contribution in [1.29, 1.82) is 0 Å². The quantitative estimate of drug-likeness (QED) is 0.379. The summed E-state index contributed by atoms with van der Waals surface area (Å²) in [7, 11) is 0. The van der Waals surface area contributed by atoms with E-state index in [9.17, 15) is 30.7 Å². The molecule has 7 heteroatoms. The van der Waals surface area contributed by atoms with Gasteiger partial charge in [-0.3, -0.25) is 0 Å². The summed E-state index contributed by atoms with van der Waals surface area (Å²) in [6.45, 7) is 2.14. The third kappa shape index (κ3) is 5.93. The van der Waals surface area contributed by atoms with Gasteiger partial charge >= 0.3 is 6.18 Å². The molecule has 1 fully saturated rings. The van der Waals surface area contributed by atoms with Gasteiger partial charge in [-0.15, -0.1) is 0 Å². The Labute approximate surface area is 183 Å². The molecule has 3 rings (SSSR count). The van der Waals surface area contributed by atoms with Crippen LogP contribution in [-0.4, -0.2) is 6.18 Å². The Bertz CT molecular complexity index is 921. The lowest BCUT2D eigenvalue weighted by atomic mass is 9.77. The third-order valence-corrected chi connectivity index (χ3v) is 6.16. The molecule has 0 N–H and O–H groups in total. The van der Waals surface area contributed by atoms with Crippen LogP contribution >= 0.6 is 0 Å². The van der Waals surface area contributed by atoms with Crippen LogP contribution in [0.5, 0.6) is 0 Å². The van der Waals surface area contributed by atoms with Crippen LogP contribution in [0, 0.1) is 29.2 Å². The average Bonchev–Trinajstić information content (AvgIpc) is 2.70. The zero-order chi connectivity index (χ0) is 23.5. The summed E-state index contributed by atoms with van der Waals surface area (Å²) >= 11 is 0.